The van der Waals surface area contributed by atoms with Gasteiger partial charge in [-0.2, -0.15) is 0 Å². The van der Waals surface area contributed by atoms with Crippen LogP contribution in [0.4, 0.5) is 0 Å². The van der Waals surface area contributed by atoms with Crippen LogP contribution < -0.4 is 5.73 Å². The molecule has 1 aliphatic heterocycles. The lowest BCUT2D eigenvalue weighted by atomic mass is 10.0. The zero-order valence-corrected chi connectivity index (χ0v) is 12.4. The summed E-state index contributed by atoms with van der Waals surface area (Å²) in [5.41, 5.74) is 10.8. The maximum Gasteiger partial charge on any atom is 0.112 e. The Morgan fingerprint density at radius 2 is 2.05 bits per heavy atom. The van der Waals surface area contributed by atoms with Gasteiger partial charge >= 0.3 is 0 Å². The molecule has 1 unspecified atom stereocenters. The summed E-state index contributed by atoms with van der Waals surface area (Å²) in [5, 5.41) is 0. The van der Waals surface area contributed by atoms with Gasteiger partial charge in [-0.1, -0.05) is 38.1 Å². The number of hydrogen-bond acceptors (Lipinski definition) is 2. The van der Waals surface area contributed by atoms with E-state index in [1.54, 1.807) is 0 Å². The van der Waals surface area contributed by atoms with Crippen molar-refractivity contribution in [1.29, 1.82) is 0 Å². The lowest BCUT2D eigenvalue weighted by Gasteiger charge is -2.21. The van der Waals surface area contributed by atoms with Gasteiger partial charge < -0.3 is 10.3 Å². The monoisotopic (exact) mass is 269 g/mol. The van der Waals surface area contributed by atoms with Crippen molar-refractivity contribution in [2.45, 2.75) is 52.1 Å². The first-order valence-corrected chi connectivity index (χ1v) is 7.63. The van der Waals surface area contributed by atoms with Crippen molar-refractivity contribution in [1.82, 2.24) is 9.55 Å². The number of aryl methyl sites for hydroxylation is 1. The van der Waals surface area contributed by atoms with Gasteiger partial charge in [0, 0.05) is 24.6 Å². The number of rotatable bonds is 3. The van der Waals surface area contributed by atoms with Crippen LogP contribution in [0, 0.1) is 0 Å². The predicted octanol–water partition coefficient (Wildman–Crippen LogP) is 3.47. The maximum atomic E-state index is 6.00. The number of aromatic nitrogens is 2. The van der Waals surface area contributed by atoms with Gasteiger partial charge in [-0.3, -0.25) is 0 Å². The van der Waals surface area contributed by atoms with Crippen molar-refractivity contribution in [3.63, 3.8) is 0 Å². The van der Waals surface area contributed by atoms with Crippen LogP contribution >= 0.6 is 0 Å². The first-order valence-electron chi connectivity index (χ1n) is 7.63. The third kappa shape index (κ3) is 2.16. The molecule has 1 aromatic heterocycles. The van der Waals surface area contributed by atoms with Gasteiger partial charge in [0.05, 0.1) is 11.4 Å². The fourth-order valence-corrected chi connectivity index (χ4v) is 3.15. The normalized spacial score (nSPS) is 18.1. The summed E-state index contributed by atoms with van der Waals surface area (Å²) < 4.78 is 2.34. The zero-order valence-electron chi connectivity index (χ0n) is 12.4. The van der Waals surface area contributed by atoms with Crippen LogP contribution in [0.1, 0.15) is 49.7 Å². The molecule has 0 spiro atoms. The molecule has 3 nitrogen and oxygen atoms in total. The predicted molar refractivity (Wildman–Crippen MR) is 82.6 cm³/mol. The third-order valence-corrected chi connectivity index (χ3v) is 4.39. The maximum absolute atomic E-state index is 6.00. The van der Waals surface area contributed by atoms with E-state index in [1.807, 2.05) is 0 Å². The minimum atomic E-state index is 0.540. The standard InChI is InChI=1S/C17H23N3/c1-3-13-6-8-14(9-7-13)16-15(11-18)20-10-4-5-12(2)17(20)19-16/h6-9,12H,3-5,10-11,18H2,1-2H3. The Labute approximate surface area is 120 Å². The van der Waals surface area contributed by atoms with E-state index >= 15 is 0 Å². The van der Waals surface area contributed by atoms with Crippen molar-refractivity contribution in [2.75, 3.05) is 0 Å². The summed E-state index contributed by atoms with van der Waals surface area (Å²) in [6, 6.07) is 8.74. The van der Waals surface area contributed by atoms with Gasteiger partial charge in [0.15, 0.2) is 0 Å². The third-order valence-electron chi connectivity index (χ3n) is 4.39. The number of fused-ring (bicyclic) bond motifs is 1. The van der Waals surface area contributed by atoms with Gasteiger partial charge in [-0.25, -0.2) is 4.98 Å². The van der Waals surface area contributed by atoms with Crippen LogP contribution in [-0.4, -0.2) is 9.55 Å². The van der Waals surface area contributed by atoms with Crippen LogP contribution in [0.2, 0.25) is 0 Å². The van der Waals surface area contributed by atoms with E-state index in [-0.39, 0.29) is 0 Å². The molecule has 1 aliphatic rings. The first-order chi connectivity index (χ1) is 9.74. The zero-order chi connectivity index (χ0) is 14.1. The Kier molecular flexibility index (Phi) is 3.62. The molecule has 0 saturated heterocycles. The average molecular weight is 269 g/mol. The van der Waals surface area contributed by atoms with Gasteiger partial charge in [-0.05, 0) is 24.8 Å². The molecule has 106 valence electrons. The molecule has 0 radical (unpaired) electrons. The number of hydrogen-bond donors (Lipinski definition) is 1. The van der Waals surface area contributed by atoms with E-state index in [4.69, 9.17) is 10.7 Å². The number of nitrogens with zero attached hydrogens (tertiary/aromatic N) is 2. The van der Waals surface area contributed by atoms with Gasteiger partial charge in [0.2, 0.25) is 0 Å². The second-order valence-corrected chi connectivity index (χ2v) is 5.71. The summed E-state index contributed by atoms with van der Waals surface area (Å²) in [4.78, 5) is 4.91. The fourth-order valence-electron chi connectivity index (χ4n) is 3.15. The topological polar surface area (TPSA) is 43.8 Å². The molecule has 20 heavy (non-hydrogen) atoms. The van der Waals surface area contributed by atoms with E-state index in [0.717, 1.165) is 18.7 Å². The lowest BCUT2D eigenvalue weighted by Crippen LogP contribution is -2.17. The molecule has 0 amide bonds. The summed E-state index contributed by atoms with van der Waals surface area (Å²) >= 11 is 0. The quantitative estimate of drug-likeness (QED) is 0.927. The highest BCUT2D eigenvalue weighted by molar-refractivity contribution is 5.63. The lowest BCUT2D eigenvalue weighted by molar-refractivity contribution is 0.454. The Morgan fingerprint density at radius 1 is 1.30 bits per heavy atom. The summed E-state index contributed by atoms with van der Waals surface area (Å²) in [5.74, 6) is 1.75. The first kappa shape index (κ1) is 13.4. The summed E-state index contributed by atoms with van der Waals surface area (Å²) in [7, 11) is 0. The largest absolute Gasteiger partial charge is 0.330 e. The molecule has 2 heterocycles. The Hall–Kier alpha value is -1.61. The van der Waals surface area contributed by atoms with Crippen LogP contribution in [0.25, 0.3) is 11.3 Å². The molecular formula is C17H23N3. The van der Waals surface area contributed by atoms with Crippen molar-refractivity contribution < 1.29 is 0 Å². The minimum absolute atomic E-state index is 0.540. The van der Waals surface area contributed by atoms with Crippen molar-refractivity contribution in [3.05, 3.63) is 41.3 Å². The Balaban J connectivity index is 2.08. The Bertz CT molecular complexity index is 595. The van der Waals surface area contributed by atoms with Gasteiger partial charge in [-0.15, -0.1) is 0 Å². The number of nitrogens with two attached hydrogens (primary N) is 1. The van der Waals surface area contributed by atoms with Crippen LogP contribution in [0.3, 0.4) is 0 Å². The van der Waals surface area contributed by atoms with Crippen molar-refractivity contribution in [3.8, 4) is 11.3 Å². The van der Waals surface area contributed by atoms with E-state index in [0.29, 0.717) is 12.5 Å². The molecule has 3 heteroatoms. The van der Waals surface area contributed by atoms with Crippen LogP contribution in [0.15, 0.2) is 24.3 Å². The van der Waals surface area contributed by atoms with E-state index in [9.17, 15) is 0 Å². The number of benzene rings is 1. The van der Waals surface area contributed by atoms with Crippen molar-refractivity contribution >= 4 is 0 Å². The molecule has 0 bridgehead atoms. The second-order valence-electron chi connectivity index (χ2n) is 5.71. The van der Waals surface area contributed by atoms with Gasteiger partial charge in [0.1, 0.15) is 5.82 Å². The van der Waals surface area contributed by atoms with Gasteiger partial charge in [0.25, 0.3) is 0 Å². The highest BCUT2D eigenvalue weighted by Gasteiger charge is 2.24. The van der Waals surface area contributed by atoms with Crippen molar-refractivity contribution in [2.24, 2.45) is 5.73 Å². The summed E-state index contributed by atoms with van der Waals surface area (Å²) in [6.45, 7) is 6.07. The molecule has 1 aromatic carbocycles. The minimum Gasteiger partial charge on any atom is -0.330 e. The molecule has 0 aliphatic carbocycles. The highest BCUT2D eigenvalue weighted by atomic mass is 15.1. The highest BCUT2D eigenvalue weighted by Crippen LogP contribution is 2.32. The van der Waals surface area contributed by atoms with Crippen LogP contribution in [0.5, 0.6) is 0 Å². The fraction of sp³-hybridized carbons (Fsp3) is 0.471. The van der Waals surface area contributed by atoms with Crippen LogP contribution in [-0.2, 0) is 19.5 Å². The number of imidazole rings is 1. The molecule has 2 N–H and O–H groups in total. The molecule has 3 rings (SSSR count). The average Bonchev–Trinajstić information content (AvgIpc) is 2.87. The molecule has 1 atom stereocenters. The Morgan fingerprint density at radius 3 is 2.70 bits per heavy atom. The molecular weight excluding hydrogens is 246 g/mol. The SMILES string of the molecule is CCc1ccc(-c2nc3n(c2CN)CCCC3C)cc1. The second kappa shape index (κ2) is 5.41. The summed E-state index contributed by atoms with van der Waals surface area (Å²) in [6.07, 6.45) is 3.53. The van der Waals surface area contributed by atoms with E-state index < -0.39 is 0 Å². The molecule has 0 fully saturated rings. The van der Waals surface area contributed by atoms with E-state index in [1.165, 1.54) is 35.5 Å². The smallest absolute Gasteiger partial charge is 0.112 e. The molecule has 0 saturated carbocycles. The van der Waals surface area contributed by atoms with E-state index in [2.05, 4.69) is 42.7 Å². The molecule has 2 aromatic rings.